The Morgan fingerprint density at radius 2 is 1.66 bits per heavy atom. The van der Waals surface area contributed by atoms with Gasteiger partial charge >= 0.3 is 6.18 Å². The molecular formula is C25H22F5NO2S2. The largest absolute Gasteiger partial charge is 0.416 e. The molecule has 0 aliphatic heterocycles. The van der Waals surface area contributed by atoms with Crippen molar-refractivity contribution in [3.05, 3.63) is 89.6 Å². The number of halogens is 5. The van der Waals surface area contributed by atoms with Crippen LogP contribution in [0.25, 0.3) is 0 Å². The van der Waals surface area contributed by atoms with Crippen LogP contribution in [0.15, 0.2) is 76.8 Å². The highest BCUT2D eigenvalue weighted by Gasteiger charge is 2.50. The lowest BCUT2D eigenvalue weighted by molar-refractivity contribution is -0.137. The molecule has 0 bridgehead atoms. The predicted molar refractivity (Wildman–Crippen MR) is 124 cm³/mol. The number of pyridine rings is 1. The number of rotatable bonds is 6. The lowest BCUT2D eigenvalue weighted by Gasteiger charge is -2.40. The molecule has 0 spiro atoms. The van der Waals surface area contributed by atoms with Crippen LogP contribution in [0, 0.1) is 17.6 Å². The molecule has 1 aromatic heterocycles. The standard InChI is InChI=1S/C25H22F5NO2S2/c26-19-6-9-22(27)21(15-19)24(35(32,33)20-7-4-18(5-8-20)25(28,29)30)12-10-17(11-13-24)16-34-23-3-1-2-14-31-23/h1-9,14-15,17H,10-13,16H2. The Morgan fingerprint density at radius 1 is 0.971 bits per heavy atom. The smallest absolute Gasteiger partial charge is 0.250 e. The van der Waals surface area contributed by atoms with Crippen molar-refractivity contribution in [3.63, 3.8) is 0 Å². The number of alkyl halides is 3. The summed E-state index contributed by atoms with van der Waals surface area (Å²) in [6.45, 7) is 0. The van der Waals surface area contributed by atoms with Crippen molar-refractivity contribution in [2.24, 2.45) is 5.92 Å². The second-order valence-electron chi connectivity index (χ2n) is 8.57. The van der Waals surface area contributed by atoms with Crippen molar-refractivity contribution in [1.29, 1.82) is 0 Å². The van der Waals surface area contributed by atoms with Crippen LogP contribution in [0.1, 0.15) is 36.8 Å². The van der Waals surface area contributed by atoms with Gasteiger partial charge in [-0.2, -0.15) is 13.2 Å². The van der Waals surface area contributed by atoms with E-state index in [9.17, 15) is 30.4 Å². The van der Waals surface area contributed by atoms with E-state index in [-0.39, 0.29) is 29.2 Å². The number of thioether (sulfide) groups is 1. The molecule has 0 atom stereocenters. The summed E-state index contributed by atoms with van der Waals surface area (Å²) in [6, 6.07) is 11.4. The summed E-state index contributed by atoms with van der Waals surface area (Å²) in [5, 5.41) is 0.831. The molecule has 0 N–H and O–H groups in total. The zero-order chi connectivity index (χ0) is 25.3. The Morgan fingerprint density at radius 3 is 2.26 bits per heavy atom. The fourth-order valence-electron chi connectivity index (χ4n) is 4.52. The molecule has 3 aromatic rings. The number of sulfone groups is 1. The normalized spacial score (nSPS) is 21.1. The minimum atomic E-state index is -4.63. The zero-order valence-corrected chi connectivity index (χ0v) is 20.1. The van der Waals surface area contributed by atoms with Crippen LogP contribution in [-0.2, 0) is 20.8 Å². The third-order valence-corrected chi connectivity index (χ3v) is 10.2. The van der Waals surface area contributed by atoms with E-state index in [0.29, 0.717) is 30.7 Å². The molecule has 0 amide bonds. The summed E-state index contributed by atoms with van der Waals surface area (Å²) in [5.41, 5.74) is -1.27. The maximum absolute atomic E-state index is 14.9. The van der Waals surface area contributed by atoms with Crippen LogP contribution in [0.2, 0.25) is 0 Å². The summed E-state index contributed by atoms with van der Waals surface area (Å²) in [4.78, 5) is 3.91. The molecule has 1 aliphatic rings. The second-order valence-corrected chi connectivity index (χ2v) is 11.9. The van der Waals surface area contributed by atoms with E-state index in [1.165, 1.54) is 11.8 Å². The molecule has 10 heteroatoms. The summed E-state index contributed by atoms with van der Waals surface area (Å²) in [5.74, 6) is -0.840. The average Bonchev–Trinajstić information content (AvgIpc) is 2.84. The van der Waals surface area contributed by atoms with Crippen LogP contribution >= 0.6 is 11.8 Å². The maximum atomic E-state index is 14.9. The summed E-state index contributed by atoms with van der Waals surface area (Å²) in [7, 11) is -4.36. The minimum Gasteiger partial charge on any atom is -0.250 e. The fraction of sp³-hybridized carbons (Fsp3) is 0.320. The highest BCUT2D eigenvalue weighted by atomic mass is 32.2. The first-order valence-electron chi connectivity index (χ1n) is 10.9. The third kappa shape index (κ3) is 5.23. The van der Waals surface area contributed by atoms with Crippen molar-refractivity contribution < 1.29 is 30.4 Å². The third-order valence-electron chi connectivity index (χ3n) is 6.44. The van der Waals surface area contributed by atoms with E-state index >= 15 is 0 Å². The van der Waals surface area contributed by atoms with Gasteiger partial charge in [-0.3, -0.25) is 0 Å². The van der Waals surface area contributed by atoms with E-state index in [2.05, 4.69) is 4.98 Å². The molecule has 1 heterocycles. The van der Waals surface area contributed by atoms with E-state index in [1.54, 1.807) is 12.3 Å². The predicted octanol–water partition coefficient (Wildman–Crippen LogP) is 7.03. The Bertz CT molecular complexity index is 1270. The molecule has 1 aliphatic carbocycles. The summed E-state index contributed by atoms with van der Waals surface area (Å²) < 4.78 is 94.0. The Hall–Kier alpha value is -2.46. The van der Waals surface area contributed by atoms with Gasteiger partial charge in [0.15, 0.2) is 9.84 Å². The van der Waals surface area contributed by atoms with Gasteiger partial charge in [-0.1, -0.05) is 6.07 Å². The number of nitrogens with zero attached hydrogens (tertiary/aromatic N) is 1. The molecule has 2 aromatic carbocycles. The zero-order valence-electron chi connectivity index (χ0n) is 18.4. The lowest BCUT2D eigenvalue weighted by Crippen LogP contribution is -2.41. The van der Waals surface area contributed by atoms with Gasteiger partial charge < -0.3 is 0 Å². The summed E-state index contributed by atoms with van der Waals surface area (Å²) >= 11 is 1.54. The Labute approximate surface area is 204 Å². The van der Waals surface area contributed by atoms with Crippen LogP contribution in [0.4, 0.5) is 22.0 Å². The van der Waals surface area contributed by atoms with Crippen molar-refractivity contribution >= 4 is 21.6 Å². The molecule has 4 rings (SSSR count). The molecule has 1 saturated carbocycles. The van der Waals surface area contributed by atoms with Crippen molar-refractivity contribution in [3.8, 4) is 0 Å². The van der Waals surface area contributed by atoms with Gasteiger partial charge in [0.2, 0.25) is 0 Å². The lowest BCUT2D eigenvalue weighted by atomic mass is 9.78. The number of hydrogen-bond acceptors (Lipinski definition) is 4. The fourth-order valence-corrected chi connectivity index (χ4v) is 7.74. The van der Waals surface area contributed by atoms with Gasteiger partial charge in [-0.05, 0) is 86.2 Å². The van der Waals surface area contributed by atoms with Crippen LogP contribution in [0.5, 0.6) is 0 Å². The van der Waals surface area contributed by atoms with Gasteiger partial charge in [0, 0.05) is 17.5 Å². The van der Waals surface area contributed by atoms with Crippen molar-refractivity contribution in [1.82, 2.24) is 4.98 Å². The highest BCUT2D eigenvalue weighted by Crippen LogP contribution is 2.50. The monoisotopic (exact) mass is 527 g/mol. The number of aromatic nitrogens is 1. The average molecular weight is 528 g/mol. The van der Waals surface area contributed by atoms with Crippen LogP contribution in [-0.4, -0.2) is 19.2 Å². The first-order chi connectivity index (χ1) is 16.5. The molecular weight excluding hydrogens is 505 g/mol. The Kier molecular flexibility index (Phi) is 7.24. The molecule has 1 fully saturated rings. The molecule has 35 heavy (non-hydrogen) atoms. The van der Waals surface area contributed by atoms with Crippen molar-refractivity contribution in [2.45, 2.75) is 46.5 Å². The SMILES string of the molecule is O=S(=O)(c1ccc(C(F)(F)F)cc1)C1(c2cc(F)ccc2F)CCC(CSc2ccccn2)CC1. The van der Waals surface area contributed by atoms with E-state index in [0.717, 1.165) is 35.4 Å². The van der Waals surface area contributed by atoms with Gasteiger partial charge in [0.25, 0.3) is 0 Å². The van der Waals surface area contributed by atoms with Gasteiger partial charge in [0.05, 0.1) is 15.5 Å². The first-order valence-corrected chi connectivity index (χ1v) is 13.4. The van der Waals surface area contributed by atoms with Crippen molar-refractivity contribution in [2.75, 3.05) is 5.75 Å². The van der Waals surface area contributed by atoms with Crippen LogP contribution in [0.3, 0.4) is 0 Å². The van der Waals surface area contributed by atoms with E-state index in [1.807, 2.05) is 12.1 Å². The highest BCUT2D eigenvalue weighted by molar-refractivity contribution is 7.99. The Balaban J connectivity index is 1.67. The number of benzene rings is 2. The van der Waals surface area contributed by atoms with Gasteiger partial charge in [-0.15, -0.1) is 11.8 Å². The second kappa shape index (κ2) is 9.89. The molecule has 0 saturated heterocycles. The molecule has 0 radical (unpaired) electrons. The summed E-state index contributed by atoms with van der Waals surface area (Å²) in [6.07, 6.45) is -2.06. The number of hydrogen-bond donors (Lipinski definition) is 0. The topological polar surface area (TPSA) is 47.0 Å². The molecule has 0 unspecified atom stereocenters. The van der Waals surface area contributed by atoms with Gasteiger partial charge in [-0.25, -0.2) is 22.2 Å². The maximum Gasteiger partial charge on any atom is 0.416 e. The molecule has 186 valence electrons. The van der Waals surface area contributed by atoms with Crippen LogP contribution < -0.4 is 0 Å². The van der Waals surface area contributed by atoms with E-state index < -0.39 is 38.0 Å². The van der Waals surface area contributed by atoms with Gasteiger partial charge in [0.1, 0.15) is 16.4 Å². The van der Waals surface area contributed by atoms with E-state index in [4.69, 9.17) is 0 Å². The first kappa shape index (κ1) is 25.6. The minimum absolute atomic E-state index is 0.0180. The molecule has 3 nitrogen and oxygen atoms in total. The quantitative estimate of drug-likeness (QED) is 0.255.